The van der Waals surface area contributed by atoms with Crippen LogP contribution < -0.4 is 5.32 Å². The minimum Gasteiger partial charge on any atom is -0.380 e. The van der Waals surface area contributed by atoms with Crippen LogP contribution in [-0.4, -0.2) is 31.0 Å². The van der Waals surface area contributed by atoms with E-state index in [0.29, 0.717) is 0 Å². The molecule has 0 heterocycles. The Morgan fingerprint density at radius 1 is 1.89 bits per heavy atom. The molecule has 4 nitrogen and oxygen atoms in total. The van der Waals surface area contributed by atoms with E-state index in [1.807, 2.05) is 0 Å². The van der Waals surface area contributed by atoms with Gasteiger partial charge in [-0.3, -0.25) is 4.79 Å². The Labute approximate surface area is 53.8 Å². The number of hydrogen-bond donors (Lipinski definition) is 2. The third kappa shape index (κ3) is 5.26. The van der Waals surface area contributed by atoms with Gasteiger partial charge in [0.1, 0.15) is 6.23 Å². The van der Waals surface area contributed by atoms with E-state index in [0.717, 1.165) is 0 Å². The molecule has 0 saturated heterocycles. The highest BCUT2D eigenvalue weighted by Gasteiger charge is 2.01. The van der Waals surface area contributed by atoms with E-state index in [1.54, 1.807) is 0 Å². The average Bonchev–Trinajstić information content (AvgIpc) is 1.63. The molecule has 0 aliphatic heterocycles. The van der Waals surface area contributed by atoms with Gasteiger partial charge < -0.3 is 15.2 Å². The molecule has 0 aromatic rings. The van der Waals surface area contributed by atoms with E-state index in [1.165, 1.54) is 14.0 Å². The number of hydrogen-bond acceptors (Lipinski definition) is 3. The van der Waals surface area contributed by atoms with Crippen molar-refractivity contribution >= 4 is 5.91 Å². The molecule has 0 aromatic carbocycles. The van der Waals surface area contributed by atoms with Crippen LogP contribution in [0.25, 0.3) is 0 Å². The van der Waals surface area contributed by atoms with Gasteiger partial charge in [-0.25, -0.2) is 0 Å². The van der Waals surface area contributed by atoms with Crippen LogP contribution in [0.15, 0.2) is 0 Å². The van der Waals surface area contributed by atoms with Crippen molar-refractivity contribution in [3.8, 4) is 0 Å². The molecule has 0 aliphatic rings. The normalized spacial score (nSPS) is 12.8. The summed E-state index contributed by atoms with van der Waals surface area (Å²) >= 11 is 0. The summed E-state index contributed by atoms with van der Waals surface area (Å²) in [6.07, 6.45) is -0.882. The quantitative estimate of drug-likeness (QED) is 0.490. The zero-order chi connectivity index (χ0) is 7.28. The number of nitrogens with one attached hydrogen (secondary N) is 1. The summed E-state index contributed by atoms with van der Waals surface area (Å²) in [7, 11) is 1.45. The number of aliphatic hydroxyl groups is 1. The van der Waals surface area contributed by atoms with E-state index < -0.39 is 6.23 Å². The van der Waals surface area contributed by atoms with Gasteiger partial charge in [-0.15, -0.1) is 0 Å². The zero-order valence-corrected chi connectivity index (χ0v) is 5.55. The number of carbonyl (C=O) groups is 1. The molecule has 4 heteroatoms. The SMILES string of the molecule is COCC(O)NC(C)=O. The molecule has 0 radical (unpaired) electrons. The van der Waals surface area contributed by atoms with E-state index in [9.17, 15) is 4.79 Å². The summed E-state index contributed by atoms with van der Waals surface area (Å²) in [6, 6.07) is 0. The first-order valence-corrected chi connectivity index (χ1v) is 2.61. The Balaban J connectivity index is 3.26. The van der Waals surface area contributed by atoms with E-state index in [2.05, 4.69) is 10.1 Å². The van der Waals surface area contributed by atoms with Crippen molar-refractivity contribution in [2.24, 2.45) is 0 Å². The Hall–Kier alpha value is -0.610. The molecule has 0 spiro atoms. The molecule has 54 valence electrons. The molecule has 1 atom stereocenters. The summed E-state index contributed by atoms with van der Waals surface area (Å²) in [4.78, 5) is 10.2. The molecule has 0 aliphatic carbocycles. The maximum Gasteiger partial charge on any atom is 0.218 e. The van der Waals surface area contributed by atoms with E-state index >= 15 is 0 Å². The molecule has 2 N–H and O–H groups in total. The largest absolute Gasteiger partial charge is 0.380 e. The average molecular weight is 133 g/mol. The standard InChI is InChI=1S/C5H11NO3/c1-4(7)6-5(8)3-9-2/h5,8H,3H2,1-2H3,(H,6,7). The monoisotopic (exact) mass is 133 g/mol. The van der Waals surface area contributed by atoms with Gasteiger partial charge in [-0.05, 0) is 0 Å². The molecular weight excluding hydrogens is 122 g/mol. The fourth-order valence-electron chi connectivity index (χ4n) is 0.434. The van der Waals surface area contributed by atoms with Crippen LogP contribution in [0.3, 0.4) is 0 Å². The van der Waals surface area contributed by atoms with Crippen molar-refractivity contribution in [2.75, 3.05) is 13.7 Å². The zero-order valence-electron chi connectivity index (χ0n) is 5.55. The van der Waals surface area contributed by atoms with Gasteiger partial charge in [-0.1, -0.05) is 0 Å². The van der Waals surface area contributed by atoms with Gasteiger partial charge in [0.2, 0.25) is 5.91 Å². The fraction of sp³-hybridized carbons (Fsp3) is 0.800. The molecule has 0 bridgehead atoms. The van der Waals surface area contributed by atoms with E-state index in [4.69, 9.17) is 5.11 Å². The fourth-order valence-corrected chi connectivity index (χ4v) is 0.434. The maximum atomic E-state index is 10.2. The van der Waals surface area contributed by atoms with Gasteiger partial charge in [0.15, 0.2) is 0 Å². The first-order valence-electron chi connectivity index (χ1n) is 2.61. The van der Waals surface area contributed by atoms with E-state index in [-0.39, 0.29) is 12.5 Å². The Morgan fingerprint density at radius 2 is 2.44 bits per heavy atom. The lowest BCUT2D eigenvalue weighted by molar-refractivity contribution is -0.122. The van der Waals surface area contributed by atoms with Crippen molar-refractivity contribution in [1.29, 1.82) is 0 Å². The van der Waals surface area contributed by atoms with Crippen LogP contribution in [0.5, 0.6) is 0 Å². The number of ether oxygens (including phenoxy) is 1. The molecule has 0 aromatic heterocycles. The number of rotatable bonds is 3. The molecule has 0 saturated carbocycles. The molecular formula is C5H11NO3. The third-order valence-electron chi connectivity index (χ3n) is 0.694. The highest BCUT2D eigenvalue weighted by molar-refractivity contribution is 5.72. The topological polar surface area (TPSA) is 58.6 Å². The van der Waals surface area contributed by atoms with Crippen molar-refractivity contribution in [2.45, 2.75) is 13.2 Å². The van der Waals surface area contributed by atoms with Crippen molar-refractivity contribution in [3.63, 3.8) is 0 Å². The summed E-state index contributed by atoms with van der Waals surface area (Å²) in [5, 5.41) is 11.0. The molecule has 1 unspecified atom stereocenters. The molecule has 0 fully saturated rings. The van der Waals surface area contributed by atoms with Crippen LogP contribution in [-0.2, 0) is 9.53 Å². The van der Waals surface area contributed by atoms with Gasteiger partial charge in [-0.2, -0.15) is 0 Å². The lowest BCUT2D eigenvalue weighted by Gasteiger charge is -2.08. The Kier molecular flexibility index (Phi) is 4.00. The predicted octanol–water partition coefficient (Wildman–Crippen LogP) is -0.913. The third-order valence-corrected chi connectivity index (χ3v) is 0.694. The lowest BCUT2D eigenvalue weighted by atomic mass is 10.5. The number of aliphatic hydroxyl groups excluding tert-OH is 1. The second-order valence-electron chi connectivity index (χ2n) is 1.67. The van der Waals surface area contributed by atoms with Gasteiger partial charge in [0, 0.05) is 14.0 Å². The van der Waals surface area contributed by atoms with Gasteiger partial charge in [0.25, 0.3) is 0 Å². The van der Waals surface area contributed by atoms with Gasteiger partial charge >= 0.3 is 0 Å². The van der Waals surface area contributed by atoms with Gasteiger partial charge in [0.05, 0.1) is 6.61 Å². The van der Waals surface area contributed by atoms with Crippen LogP contribution >= 0.6 is 0 Å². The molecule has 1 amide bonds. The first-order chi connectivity index (χ1) is 4.16. The lowest BCUT2D eigenvalue weighted by Crippen LogP contribution is -2.36. The van der Waals surface area contributed by atoms with Crippen LogP contribution in [0.4, 0.5) is 0 Å². The highest BCUT2D eigenvalue weighted by Crippen LogP contribution is 1.76. The maximum absolute atomic E-state index is 10.2. The summed E-state index contributed by atoms with van der Waals surface area (Å²) in [5.41, 5.74) is 0. The number of carbonyl (C=O) groups excluding carboxylic acids is 1. The van der Waals surface area contributed by atoms with Crippen LogP contribution in [0.2, 0.25) is 0 Å². The van der Waals surface area contributed by atoms with Crippen molar-refractivity contribution < 1.29 is 14.6 Å². The second-order valence-corrected chi connectivity index (χ2v) is 1.67. The molecule has 0 rings (SSSR count). The number of methoxy groups -OCH3 is 1. The van der Waals surface area contributed by atoms with Crippen molar-refractivity contribution in [1.82, 2.24) is 5.32 Å². The summed E-state index contributed by atoms with van der Waals surface area (Å²) in [6.45, 7) is 1.46. The second kappa shape index (κ2) is 4.29. The van der Waals surface area contributed by atoms with Crippen LogP contribution in [0.1, 0.15) is 6.92 Å². The summed E-state index contributed by atoms with van der Waals surface area (Å²) in [5.74, 6) is -0.264. The number of amides is 1. The minimum atomic E-state index is -0.882. The predicted molar refractivity (Wildman–Crippen MR) is 31.7 cm³/mol. The van der Waals surface area contributed by atoms with Crippen LogP contribution in [0, 0.1) is 0 Å². The summed E-state index contributed by atoms with van der Waals surface area (Å²) < 4.78 is 4.54. The first kappa shape index (κ1) is 8.39. The highest BCUT2D eigenvalue weighted by atomic mass is 16.5. The molecule has 9 heavy (non-hydrogen) atoms. The minimum absolute atomic E-state index is 0.125. The Bertz CT molecular complexity index is 94.2. The Morgan fingerprint density at radius 3 is 2.78 bits per heavy atom. The van der Waals surface area contributed by atoms with Crippen molar-refractivity contribution in [3.05, 3.63) is 0 Å². The smallest absolute Gasteiger partial charge is 0.218 e.